The van der Waals surface area contributed by atoms with Crippen LogP contribution in [0.2, 0.25) is 0 Å². The van der Waals surface area contributed by atoms with Crippen LogP contribution in [0, 0.1) is 0 Å². The predicted octanol–water partition coefficient (Wildman–Crippen LogP) is 2.11. The van der Waals surface area contributed by atoms with Gasteiger partial charge in [-0.25, -0.2) is 0 Å². The number of allylic oxidation sites excluding steroid dienone is 1. The normalized spacial score (nSPS) is 10.3. The van der Waals surface area contributed by atoms with E-state index in [9.17, 15) is 0 Å². The van der Waals surface area contributed by atoms with Gasteiger partial charge in [-0.05, 0) is 18.6 Å². The van der Waals surface area contributed by atoms with Gasteiger partial charge in [-0.15, -0.1) is 0 Å². The second-order valence-electron chi connectivity index (χ2n) is 1.79. The molecule has 0 unspecified atom stereocenters. The number of rotatable bonds is 1. The first kappa shape index (κ1) is 6.02. The van der Waals surface area contributed by atoms with Crippen molar-refractivity contribution in [3.63, 3.8) is 0 Å². The Labute approximate surface area is 55.1 Å². The lowest BCUT2D eigenvalue weighted by molar-refractivity contribution is 1.32. The van der Waals surface area contributed by atoms with Crippen LogP contribution in [0.3, 0.4) is 0 Å². The fourth-order valence-corrected chi connectivity index (χ4v) is 0.667. The molecule has 0 saturated carbocycles. The Bertz CT molecular complexity index is 189. The number of aromatic nitrogens is 1. The highest BCUT2D eigenvalue weighted by molar-refractivity contribution is 5.46. The van der Waals surface area contributed by atoms with Crippen LogP contribution in [0.4, 0.5) is 0 Å². The molecule has 0 fully saturated rings. The highest BCUT2D eigenvalue weighted by atomic mass is 14.6. The third-order valence-corrected chi connectivity index (χ3v) is 1.04. The first-order chi connectivity index (χ1) is 4.43. The van der Waals surface area contributed by atoms with Gasteiger partial charge < -0.3 is 0 Å². The molecule has 0 bridgehead atoms. The molecule has 1 aromatic heterocycles. The van der Waals surface area contributed by atoms with Gasteiger partial charge in [0.25, 0.3) is 0 Å². The number of nitrogens with zero attached hydrogens (tertiary/aromatic N) is 1. The van der Waals surface area contributed by atoms with Crippen LogP contribution in [-0.2, 0) is 0 Å². The number of hydrogen-bond donors (Lipinski definition) is 0. The third kappa shape index (κ3) is 1.68. The van der Waals surface area contributed by atoms with Gasteiger partial charge in [0.15, 0.2) is 0 Å². The molecule has 0 N–H and O–H groups in total. The minimum atomic E-state index is 1.15. The average Bonchev–Trinajstić information content (AvgIpc) is 1.91. The second-order valence-corrected chi connectivity index (χ2v) is 1.79. The molecule has 0 spiro atoms. The molecule has 0 aliphatic heterocycles. The lowest BCUT2D eigenvalue weighted by Gasteiger charge is -1.86. The van der Waals surface area contributed by atoms with E-state index in [0.717, 1.165) is 5.56 Å². The second kappa shape index (κ2) is 3.02. The third-order valence-electron chi connectivity index (χ3n) is 1.04. The fourth-order valence-electron chi connectivity index (χ4n) is 0.667. The van der Waals surface area contributed by atoms with E-state index < -0.39 is 0 Å². The molecule has 0 aliphatic carbocycles. The van der Waals surface area contributed by atoms with E-state index >= 15 is 0 Å². The van der Waals surface area contributed by atoms with Crippen LogP contribution in [0.15, 0.2) is 30.6 Å². The van der Waals surface area contributed by atoms with Gasteiger partial charge >= 0.3 is 0 Å². The first-order valence-electron chi connectivity index (χ1n) is 2.96. The van der Waals surface area contributed by atoms with E-state index in [-0.39, 0.29) is 0 Å². The predicted molar refractivity (Wildman–Crippen MR) is 38.9 cm³/mol. The molecule has 0 atom stereocenters. The highest BCUT2D eigenvalue weighted by Crippen LogP contribution is 1.96. The molecule has 1 aromatic rings. The van der Waals surface area contributed by atoms with E-state index in [2.05, 4.69) is 4.98 Å². The molecular weight excluding hydrogens is 110 g/mol. The SMILES string of the molecule is C/C=C/c1cccnc1. The maximum atomic E-state index is 3.95. The summed E-state index contributed by atoms with van der Waals surface area (Å²) in [5, 5.41) is 0. The Hall–Kier alpha value is -1.11. The fraction of sp³-hybridized carbons (Fsp3) is 0.125. The van der Waals surface area contributed by atoms with Crippen molar-refractivity contribution in [2.75, 3.05) is 0 Å². The molecule has 0 saturated heterocycles. The van der Waals surface area contributed by atoms with Crippen molar-refractivity contribution in [2.45, 2.75) is 6.92 Å². The van der Waals surface area contributed by atoms with Crippen molar-refractivity contribution in [1.29, 1.82) is 0 Å². The quantitative estimate of drug-likeness (QED) is 0.551. The van der Waals surface area contributed by atoms with Gasteiger partial charge in [0.1, 0.15) is 0 Å². The topological polar surface area (TPSA) is 12.9 Å². The van der Waals surface area contributed by atoms with Crippen molar-refractivity contribution < 1.29 is 0 Å². The molecule has 0 radical (unpaired) electrons. The Balaban J connectivity index is 2.85. The zero-order valence-electron chi connectivity index (χ0n) is 5.41. The van der Waals surface area contributed by atoms with Crippen molar-refractivity contribution >= 4 is 6.08 Å². The van der Waals surface area contributed by atoms with Crippen LogP contribution in [-0.4, -0.2) is 4.98 Å². The summed E-state index contributed by atoms with van der Waals surface area (Å²) >= 11 is 0. The first-order valence-corrected chi connectivity index (χ1v) is 2.96. The summed E-state index contributed by atoms with van der Waals surface area (Å²) in [6.45, 7) is 1.99. The summed E-state index contributed by atoms with van der Waals surface area (Å²) < 4.78 is 0. The van der Waals surface area contributed by atoms with Gasteiger partial charge in [0, 0.05) is 12.4 Å². The molecule has 46 valence electrons. The summed E-state index contributed by atoms with van der Waals surface area (Å²) in [5.41, 5.74) is 1.15. The van der Waals surface area contributed by atoms with Gasteiger partial charge in [-0.3, -0.25) is 4.98 Å². The smallest absolute Gasteiger partial charge is 0.0340 e. The zero-order chi connectivity index (χ0) is 6.53. The molecule has 0 aliphatic rings. The maximum absolute atomic E-state index is 3.95. The van der Waals surface area contributed by atoms with Crippen LogP contribution < -0.4 is 0 Å². The van der Waals surface area contributed by atoms with Crippen molar-refractivity contribution in [3.8, 4) is 0 Å². The number of hydrogen-bond acceptors (Lipinski definition) is 1. The minimum Gasteiger partial charge on any atom is -0.264 e. The summed E-state index contributed by atoms with van der Waals surface area (Å²) in [4.78, 5) is 3.95. The van der Waals surface area contributed by atoms with Gasteiger partial charge in [0.2, 0.25) is 0 Å². The van der Waals surface area contributed by atoms with Gasteiger partial charge in [0.05, 0.1) is 0 Å². The molecule has 1 nitrogen and oxygen atoms in total. The van der Waals surface area contributed by atoms with E-state index in [1.54, 1.807) is 6.20 Å². The molecule has 1 heteroatoms. The lowest BCUT2D eigenvalue weighted by Crippen LogP contribution is -1.71. The van der Waals surface area contributed by atoms with Crippen molar-refractivity contribution in [3.05, 3.63) is 36.2 Å². The summed E-state index contributed by atoms with van der Waals surface area (Å²) in [6, 6.07) is 3.95. The molecule has 0 aromatic carbocycles. The van der Waals surface area contributed by atoms with Crippen LogP contribution in [0.5, 0.6) is 0 Å². The standard InChI is InChI=1S/C8H9N/c1-2-4-8-5-3-6-9-7-8/h2-7H,1H3/b4-2+. The van der Waals surface area contributed by atoms with E-state index in [1.165, 1.54) is 0 Å². The average molecular weight is 119 g/mol. The van der Waals surface area contributed by atoms with E-state index in [0.29, 0.717) is 0 Å². The molecule has 0 amide bonds. The van der Waals surface area contributed by atoms with Crippen molar-refractivity contribution in [2.24, 2.45) is 0 Å². The van der Waals surface area contributed by atoms with Gasteiger partial charge in [-0.2, -0.15) is 0 Å². The summed E-state index contributed by atoms with van der Waals surface area (Å²) in [7, 11) is 0. The Morgan fingerprint density at radius 3 is 3.00 bits per heavy atom. The van der Waals surface area contributed by atoms with E-state index in [1.807, 2.05) is 37.4 Å². The molecular formula is C8H9N. The monoisotopic (exact) mass is 119 g/mol. The molecule has 9 heavy (non-hydrogen) atoms. The molecule has 1 rings (SSSR count). The Kier molecular flexibility index (Phi) is 2.02. The minimum absolute atomic E-state index is 1.15. The summed E-state index contributed by atoms with van der Waals surface area (Å²) in [6.07, 6.45) is 7.62. The summed E-state index contributed by atoms with van der Waals surface area (Å²) in [5.74, 6) is 0. The van der Waals surface area contributed by atoms with Crippen LogP contribution >= 0.6 is 0 Å². The van der Waals surface area contributed by atoms with Crippen LogP contribution in [0.1, 0.15) is 12.5 Å². The zero-order valence-corrected chi connectivity index (χ0v) is 5.41. The lowest BCUT2D eigenvalue weighted by atomic mass is 10.3. The van der Waals surface area contributed by atoms with Crippen LogP contribution in [0.25, 0.3) is 6.08 Å². The van der Waals surface area contributed by atoms with Gasteiger partial charge in [-0.1, -0.05) is 18.2 Å². The largest absolute Gasteiger partial charge is 0.264 e. The number of pyridine rings is 1. The van der Waals surface area contributed by atoms with E-state index in [4.69, 9.17) is 0 Å². The molecule has 1 heterocycles. The Morgan fingerprint density at radius 1 is 1.56 bits per heavy atom. The van der Waals surface area contributed by atoms with Crippen molar-refractivity contribution in [1.82, 2.24) is 4.98 Å². The highest BCUT2D eigenvalue weighted by Gasteiger charge is 1.78. The maximum Gasteiger partial charge on any atom is 0.0340 e. The Morgan fingerprint density at radius 2 is 2.44 bits per heavy atom.